The van der Waals surface area contributed by atoms with Crippen molar-refractivity contribution >= 4 is 5.78 Å². The van der Waals surface area contributed by atoms with Crippen LogP contribution in [0, 0.1) is 5.92 Å². The van der Waals surface area contributed by atoms with Crippen molar-refractivity contribution in [2.24, 2.45) is 5.92 Å². The zero-order valence-electron chi connectivity index (χ0n) is 7.18. The molecule has 0 heterocycles. The number of allylic oxidation sites excluding steroid dienone is 2. The Kier molecular flexibility index (Phi) is 3.34. The van der Waals surface area contributed by atoms with E-state index in [1.807, 2.05) is 0 Å². The maximum Gasteiger partial charge on any atom is 0.139 e. The zero-order chi connectivity index (χ0) is 8.10. The van der Waals surface area contributed by atoms with Gasteiger partial charge < -0.3 is 0 Å². The molecule has 1 aliphatic carbocycles. The van der Waals surface area contributed by atoms with Gasteiger partial charge in [0.2, 0.25) is 0 Å². The summed E-state index contributed by atoms with van der Waals surface area (Å²) in [5.41, 5.74) is 0. The molecule has 0 aliphatic heterocycles. The van der Waals surface area contributed by atoms with Crippen molar-refractivity contribution < 1.29 is 4.79 Å². The molecule has 1 saturated carbocycles. The molecule has 0 amide bonds. The van der Waals surface area contributed by atoms with Crippen molar-refractivity contribution in [2.75, 3.05) is 0 Å². The molecule has 0 aromatic rings. The monoisotopic (exact) mass is 152 g/mol. The highest BCUT2D eigenvalue weighted by Crippen LogP contribution is 2.21. The molecule has 1 fully saturated rings. The van der Waals surface area contributed by atoms with Crippen LogP contribution in [0.5, 0.6) is 0 Å². The zero-order valence-corrected chi connectivity index (χ0v) is 7.18. The lowest BCUT2D eigenvalue weighted by molar-refractivity contribution is -0.122. The molecule has 0 unspecified atom stereocenters. The van der Waals surface area contributed by atoms with Gasteiger partial charge in [-0.2, -0.15) is 0 Å². The lowest BCUT2D eigenvalue weighted by atomic mass is 9.88. The largest absolute Gasteiger partial charge is 0.299 e. The van der Waals surface area contributed by atoms with Crippen LogP contribution in [-0.4, -0.2) is 5.78 Å². The highest BCUT2D eigenvalue weighted by molar-refractivity contribution is 5.83. The van der Waals surface area contributed by atoms with Crippen LogP contribution in [-0.2, 0) is 4.79 Å². The van der Waals surface area contributed by atoms with Gasteiger partial charge in [-0.1, -0.05) is 25.5 Å². The van der Waals surface area contributed by atoms with Crippen molar-refractivity contribution in [1.29, 1.82) is 0 Å². The highest BCUT2D eigenvalue weighted by atomic mass is 16.1. The Balaban J connectivity index is 2.41. The first-order chi connectivity index (χ1) is 5.34. The number of carbonyl (C=O) groups is 1. The second kappa shape index (κ2) is 4.32. The van der Waals surface area contributed by atoms with Crippen LogP contribution in [0.1, 0.15) is 39.0 Å². The molecular weight excluding hydrogens is 136 g/mol. The van der Waals surface area contributed by atoms with Crippen LogP contribution in [0.4, 0.5) is 0 Å². The Morgan fingerprint density at radius 1 is 1.55 bits per heavy atom. The molecule has 1 heteroatoms. The third kappa shape index (κ3) is 2.49. The van der Waals surface area contributed by atoms with E-state index in [1.165, 1.54) is 6.42 Å². The van der Waals surface area contributed by atoms with Gasteiger partial charge in [0.25, 0.3) is 0 Å². The van der Waals surface area contributed by atoms with Gasteiger partial charge in [0.15, 0.2) is 0 Å². The van der Waals surface area contributed by atoms with Crippen LogP contribution in [0.25, 0.3) is 0 Å². The summed E-state index contributed by atoms with van der Waals surface area (Å²) in [5, 5.41) is 0. The molecule has 1 nitrogen and oxygen atoms in total. The minimum absolute atomic E-state index is 0.253. The molecule has 62 valence electrons. The van der Waals surface area contributed by atoms with Crippen LogP contribution in [0.2, 0.25) is 0 Å². The Morgan fingerprint density at radius 3 is 3.00 bits per heavy atom. The number of rotatable bonds is 2. The average Bonchev–Trinajstić information content (AvgIpc) is 2.03. The van der Waals surface area contributed by atoms with Crippen LogP contribution < -0.4 is 0 Å². The molecule has 0 N–H and O–H groups in total. The maximum atomic E-state index is 11.2. The molecule has 0 aromatic carbocycles. The summed E-state index contributed by atoms with van der Waals surface area (Å²) in [6.07, 6.45) is 9.45. The fourth-order valence-corrected chi connectivity index (χ4v) is 1.51. The third-order valence-electron chi connectivity index (χ3n) is 2.21. The Labute approximate surface area is 68.5 Å². The molecule has 1 atom stereocenters. The predicted molar refractivity (Wildman–Crippen MR) is 46.4 cm³/mol. The normalized spacial score (nSPS) is 26.3. The van der Waals surface area contributed by atoms with Gasteiger partial charge in [-0.15, -0.1) is 0 Å². The quantitative estimate of drug-likeness (QED) is 0.556. The first kappa shape index (κ1) is 8.51. The number of carbonyl (C=O) groups excluding carboxylic acids is 1. The van der Waals surface area contributed by atoms with E-state index in [1.54, 1.807) is 0 Å². The van der Waals surface area contributed by atoms with Gasteiger partial charge in [0.05, 0.1) is 0 Å². The minimum Gasteiger partial charge on any atom is -0.299 e. The van der Waals surface area contributed by atoms with Crippen LogP contribution in [0.15, 0.2) is 12.2 Å². The van der Waals surface area contributed by atoms with Crippen molar-refractivity contribution in [3.8, 4) is 0 Å². The smallest absolute Gasteiger partial charge is 0.139 e. The molecule has 11 heavy (non-hydrogen) atoms. The third-order valence-corrected chi connectivity index (χ3v) is 2.21. The topological polar surface area (TPSA) is 17.1 Å². The van der Waals surface area contributed by atoms with Crippen molar-refractivity contribution in [2.45, 2.75) is 39.0 Å². The van der Waals surface area contributed by atoms with Crippen molar-refractivity contribution in [3.05, 3.63) is 12.2 Å². The molecule has 1 rings (SSSR count). The molecule has 1 aliphatic rings. The molecule has 0 aromatic heterocycles. The Morgan fingerprint density at radius 2 is 2.36 bits per heavy atom. The van der Waals surface area contributed by atoms with E-state index in [0.29, 0.717) is 5.78 Å². The summed E-state index contributed by atoms with van der Waals surface area (Å²) in [5.74, 6) is 0.699. The fourth-order valence-electron chi connectivity index (χ4n) is 1.51. The second-order valence-corrected chi connectivity index (χ2v) is 3.15. The van der Waals surface area contributed by atoms with Crippen molar-refractivity contribution in [1.82, 2.24) is 0 Å². The van der Waals surface area contributed by atoms with E-state index in [4.69, 9.17) is 0 Å². The van der Waals surface area contributed by atoms with Gasteiger partial charge in [-0.05, 0) is 19.3 Å². The van der Waals surface area contributed by atoms with Crippen LogP contribution in [0.3, 0.4) is 0 Å². The summed E-state index contributed by atoms with van der Waals surface area (Å²) in [6.45, 7) is 2.10. The van der Waals surface area contributed by atoms with Gasteiger partial charge in [0.1, 0.15) is 5.78 Å². The summed E-state index contributed by atoms with van der Waals surface area (Å²) < 4.78 is 0. The molecule has 0 radical (unpaired) electrons. The first-order valence-electron chi connectivity index (χ1n) is 4.54. The highest BCUT2D eigenvalue weighted by Gasteiger charge is 2.18. The summed E-state index contributed by atoms with van der Waals surface area (Å²) in [4.78, 5) is 11.2. The maximum absolute atomic E-state index is 11.2. The lowest BCUT2D eigenvalue weighted by Crippen LogP contribution is -2.16. The molecule has 0 bridgehead atoms. The lowest BCUT2D eigenvalue weighted by Gasteiger charge is -2.16. The average molecular weight is 152 g/mol. The van der Waals surface area contributed by atoms with E-state index in [-0.39, 0.29) is 5.92 Å². The number of ketones is 1. The standard InChI is InChI=1S/C10H16O/c1-2-3-6-9-7-4-5-8-10(9)11/h3,6,9H,2,4-5,7-8H2,1H3/b6-3+/t9-/m0/s1. The first-order valence-corrected chi connectivity index (χ1v) is 4.54. The van der Waals surface area contributed by atoms with Gasteiger partial charge in [-0.25, -0.2) is 0 Å². The van der Waals surface area contributed by atoms with E-state index >= 15 is 0 Å². The number of Topliss-reactive ketones (excluding diaryl/α,β-unsaturated/α-hetero) is 1. The Bertz CT molecular complexity index is 158. The summed E-state index contributed by atoms with van der Waals surface area (Å²) >= 11 is 0. The summed E-state index contributed by atoms with van der Waals surface area (Å²) in [7, 11) is 0. The van der Waals surface area contributed by atoms with E-state index in [2.05, 4.69) is 19.1 Å². The van der Waals surface area contributed by atoms with Crippen LogP contribution >= 0.6 is 0 Å². The summed E-state index contributed by atoms with van der Waals surface area (Å²) in [6, 6.07) is 0. The van der Waals surface area contributed by atoms with Gasteiger partial charge in [0, 0.05) is 12.3 Å². The predicted octanol–water partition coefficient (Wildman–Crippen LogP) is 2.71. The van der Waals surface area contributed by atoms with Gasteiger partial charge >= 0.3 is 0 Å². The van der Waals surface area contributed by atoms with E-state index in [0.717, 1.165) is 25.7 Å². The van der Waals surface area contributed by atoms with E-state index in [9.17, 15) is 4.79 Å². The minimum atomic E-state index is 0.253. The molecule has 0 spiro atoms. The Hall–Kier alpha value is -0.590. The SMILES string of the molecule is CC/C=C/[C@H]1CCCCC1=O. The molecule has 0 saturated heterocycles. The number of hydrogen-bond donors (Lipinski definition) is 0. The van der Waals surface area contributed by atoms with E-state index < -0.39 is 0 Å². The molecular formula is C10H16O. The fraction of sp³-hybridized carbons (Fsp3) is 0.700. The van der Waals surface area contributed by atoms with Gasteiger partial charge in [-0.3, -0.25) is 4.79 Å². The van der Waals surface area contributed by atoms with Crippen molar-refractivity contribution in [3.63, 3.8) is 0 Å². The number of hydrogen-bond acceptors (Lipinski definition) is 1. The second-order valence-electron chi connectivity index (χ2n) is 3.15.